The fourth-order valence-corrected chi connectivity index (χ4v) is 6.49. The third kappa shape index (κ3) is 5.32. The molecule has 1 aromatic heterocycles. The first-order chi connectivity index (χ1) is 14.3. The second kappa shape index (κ2) is 10.4. The smallest absolute Gasteiger partial charge is 0.330 e. The Hall–Kier alpha value is -1.25. The van der Waals surface area contributed by atoms with Gasteiger partial charge in [-0.15, -0.1) is 0 Å². The number of hydrogen-bond acceptors (Lipinski definition) is 9. The second-order valence-electron chi connectivity index (χ2n) is 7.62. The van der Waals surface area contributed by atoms with Crippen molar-refractivity contribution in [3.05, 3.63) is 33.1 Å². The van der Waals surface area contributed by atoms with Crippen LogP contribution in [0.2, 0.25) is 0 Å². The van der Waals surface area contributed by atoms with Crippen molar-refractivity contribution in [1.82, 2.24) is 9.55 Å². The van der Waals surface area contributed by atoms with Gasteiger partial charge in [-0.1, -0.05) is 0 Å². The van der Waals surface area contributed by atoms with Crippen molar-refractivity contribution in [3.8, 4) is 0 Å². The number of rotatable bonds is 9. The number of ether oxygens (including phenoxy) is 2. The topological polar surface area (TPSA) is 174 Å². The predicted molar refractivity (Wildman–Crippen MR) is 107 cm³/mol. The summed E-state index contributed by atoms with van der Waals surface area (Å²) >= 11 is 0. The van der Waals surface area contributed by atoms with Crippen molar-refractivity contribution in [2.75, 3.05) is 37.1 Å². The van der Waals surface area contributed by atoms with E-state index < -0.39 is 48.0 Å². The van der Waals surface area contributed by atoms with Gasteiger partial charge < -0.3 is 35.0 Å². The minimum atomic E-state index is -1.35. The maximum absolute atomic E-state index is 11.9. The lowest BCUT2D eigenvalue weighted by Crippen LogP contribution is -2.37. The van der Waals surface area contributed by atoms with Crippen LogP contribution in [0.15, 0.2) is 21.9 Å². The SMILES string of the molecule is O=c1ccn([C@@H]2O[C@H](COCCC[S+]3C[C@H]([C@H](O)CO)[C@H](O)C3)[C@@H](O)[C@H]2O)c(=O)[nH]1. The van der Waals surface area contributed by atoms with Crippen LogP contribution in [0, 0.1) is 5.92 Å². The number of hydrogen-bond donors (Lipinski definition) is 6. The largest absolute Gasteiger partial charge is 0.394 e. The highest BCUT2D eigenvalue weighted by molar-refractivity contribution is 7.97. The zero-order valence-electron chi connectivity index (χ0n) is 16.4. The van der Waals surface area contributed by atoms with Gasteiger partial charge in [0.2, 0.25) is 0 Å². The van der Waals surface area contributed by atoms with Gasteiger partial charge in [0.15, 0.2) is 6.23 Å². The lowest BCUT2D eigenvalue weighted by molar-refractivity contribution is -0.0682. The molecule has 2 aliphatic heterocycles. The Bertz CT molecular complexity index is 802. The number of nitrogens with zero attached hydrogens (tertiary/aromatic N) is 1. The molecule has 0 radical (unpaired) electrons. The van der Waals surface area contributed by atoms with Crippen LogP contribution >= 0.6 is 0 Å². The van der Waals surface area contributed by atoms with E-state index in [0.29, 0.717) is 24.5 Å². The molecule has 0 spiro atoms. The Morgan fingerprint density at radius 1 is 1.27 bits per heavy atom. The Morgan fingerprint density at radius 3 is 2.73 bits per heavy atom. The van der Waals surface area contributed by atoms with E-state index in [1.165, 1.54) is 6.20 Å². The van der Waals surface area contributed by atoms with Crippen LogP contribution in [0.25, 0.3) is 0 Å². The molecule has 2 fully saturated rings. The molecule has 0 bridgehead atoms. The average Bonchev–Trinajstić information content (AvgIpc) is 3.21. The maximum atomic E-state index is 11.9. The van der Waals surface area contributed by atoms with E-state index in [2.05, 4.69) is 4.98 Å². The first-order valence-corrected chi connectivity index (χ1v) is 11.6. The third-order valence-corrected chi connectivity index (χ3v) is 8.01. The first-order valence-electron chi connectivity index (χ1n) is 9.83. The molecule has 0 saturated carbocycles. The van der Waals surface area contributed by atoms with E-state index in [-0.39, 0.29) is 30.0 Å². The summed E-state index contributed by atoms with van der Waals surface area (Å²) in [5, 5.41) is 49.2. The maximum Gasteiger partial charge on any atom is 0.330 e. The van der Waals surface area contributed by atoms with Gasteiger partial charge in [-0.05, 0) is 10.9 Å². The van der Waals surface area contributed by atoms with E-state index in [1.54, 1.807) is 0 Å². The van der Waals surface area contributed by atoms with Crippen LogP contribution in [-0.4, -0.2) is 103 Å². The zero-order valence-corrected chi connectivity index (χ0v) is 17.2. The van der Waals surface area contributed by atoms with Crippen molar-refractivity contribution >= 4 is 10.9 Å². The summed E-state index contributed by atoms with van der Waals surface area (Å²) in [5.74, 6) is 1.80. The number of aromatic nitrogens is 2. The second-order valence-corrected chi connectivity index (χ2v) is 9.92. The molecule has 30 heavy (non-hydrogen) atoms. The van der Waals surface area contributed by atoms with Crippen LogP contribution in [0.5, 0.6) is 0 Å². The molecule has 12 heteroatoms. The number of aliphatic hydroxyl groups is 5. The summed E-state index contributed by atoms with van der Waals surface area (Å²) in [4.78, 5) is 25.1. The van der Waals surface area contributed by atoms with Crippen LogP contribution in [0.4, 0.5) is 0 Å². The highest BCUT2D eigenvalue weighted by atomic mass is 32.2. The van der Waals surface area contributed by atoms with Crippen LogP contribution in [0.3, 0.4) is 0 Å². The molecular weight excluding hydrogens is 420 g/mol. The number of H-pyrrole nitrogens is 1. The Balaban J connectivity index is 1.41. The van der Waals surface area contributed by atoms with Crippen LogP contribution in [0.1, 0.15) is 12.6 Å². The highest BCUT2D eigenvalue weighted by Gasteiger charge is 2.45. The molecule has 0 aromatic carbocycles. The Labute approximate surface area is 175 Å². The zero-order chi connectivity index (χ0) is 21.8. The van der Waals surface area contributed by atoms with Crippen LogP contribution in [-0.2, 0) is 20.4 Å². The highest BCUT2D eigenvalue weighted by Crippen LogP contribution is 2.28. The summed E-state index contributed by atoms with van der Waals surface area (Å²) in [6, 6.07) is 1.12. The molecule has 8 atom stereocenters. The quantitative estimate of drug-likeness (QED) is 0.165. The van der Waals surface area contributed by atoms with Gasteiger partial charge in [-0.25, -0.2) is 4.79 Å². The predicted octanol–water partition coefficient (Wildman–Crippen LogP) is -3.48. The molecule has 1 unspecified atom stereocenters. The molecule has 3 heterocycles. The average molecular weight is 450 g/mol. The summed E-state index contributed by atoms with van der Waals surface area (Å²) in [6.07, 6.45) is -4.15. The fourth-order valence-electron chi connectivity index (χ4n) is 3.77. The summed E-state index contributed by atoms with van der Waals surface area (Å²) < 4.78 is 12.1. The molecule has 0 aliphatic carbocycles. The first kappa shape index (κ1) is 23.4. The van der Waals surface area contributed by atoms with Gasteiger partial charge in [-0.3, -0.25) is 14.3 Å². The van der Waals surface area contributed by atoms with E-state index >= 15 is 0 Å². The van der Waals surface area contributed by atoms with Gasteiger partial charge >= 0.3 is 5.69 Å². The molecular formula is C18H29N2O9S+. The molecule has 0 amide bonds. The summed E-state index contributed by atoms with van der Waals surface area (Å²) in [5.41, 5.74) is -1.32. The van der Waals surface area contributed by atoms with E-state index in [1.807, 2.05) is 0 Å². The van der Waals surface area contributed by atoms with Crippen LogP contribution < -0.4 is 11.2 Å². The standard InChI is InChI=1S/C18H28N2O9S/c21-6-11(22)10-8-30(9-12(10)23)5-1-4-28-7-13-15(25)16(26)17(29-13)20-3-2-14(24)19-18(20)27/h2-3,10-13,15-17,21-23,25-26H,1,4-9H2/p+1/t10-,11-,12-,13-,15-,16-,17-,30?/m1/s1. The summed E-state index contributed by atoms with van der Waals surface area (Å²) in [6.45, 7) is 0.0532. The van der Waals surface area contributed by atoms with E-state index in [9.17, 15) is 30.0 Å². The van der Waals surface area contributed by atoms with Gasteiger partial charge in [0, 0.05) is 18.7 Å². The molecule has 1 aromatic rings. The minimum absolute atomic E-state index is 0.0229. The van der Waals surface area contributed by atoms with Crippen molar-refractivity contribution < 1.29 is 35.0 Å². The molecule has 2 aliphatic rings. The van der Waals surface area contributed by atoms with Gasteiger partial charge in [-0.2, -0.15) is 0 Å². The third-order valence-electron chi connectivity index (χ3n) is 5.48. The molecule has 3 rings (SSSR count). The molecule has 6 N–H and O–H groups in total. The lowest BCUT2D eigenvalue weighted by Gasteiger charge is -2.16. The summed E-state index contributed by atoms with van der Waals surface area (Å²) in [7, 11) is -0.0518. The number of aliphatic hydroxyl groups excluding tert-OH is 5. The fraction of sp³-hybridized carbons (Fsp3) is 0.778. The van der Waals surface area contributed by atoms with Gasteiger partial charge in [0.05, 0.1) is 31.8 Å². The van der Waals surface area contributed by atoms with Crippen molar-refractivity contribution in [1.29, 1.82) is 0 Å². The van der Waals surface area contributed by atoms with E-state index in [4.69, 9.17) is 14.6 Å². The molecule has 2 saturated heterocycles. The normalized spacial score (nSPS) is 35.0. The molecule has 11 nitrogen and oxygen atoms in total. The van der Waals surface area contributed by atoms with Crippen molar-refractivity contribution in [3.63, 3.8) is 0 Å². The van der Waals surface area contributed by atoms with E-state index in [0.717, 1.165) is 16.4 Å². The number of nitrogens with one attached hydrogen (secondary N) is 1. The van der Waals surface area contributed by atoms with Crippen molar-refractivity contribution in [2.45, 2.75) is 43.2 Å². The Morgan fingerprint density at radius 2 is 2.03 bits per heavy atom. The molecule has 170 valence electrons. The number of aromatic amines is 1. The minimum Gasteiger partial charge on any atom is -0.394 e. The van der Waals surface area contributed by atoms with Gasteiger partial charge in [0.25, 0.3) is 5.56 Å². The van der Waals surface area contributed by atoms with Crippen molar-refractivity contribution in [2.24, 2.45) is 5.92 Å². The Kier molecular flexibility index (Phi) is 8.10. The lowest BCUT2D eigenvalue weighted by atomic mass is 10.0. The monoisotopic (exact) mass is 449 g/mol. The van der Waals surface area contributed by atoms with Gasteiger partial charge in [0.1, 0.15) is 41.7 Å².